The third-order valence-corrected chi connectivity index (χ3v) is 11.2. The molecule has 174 valence electrons. The number of rotatable bonds is 6. The van der Waals surface area contributed by atoms with E-state index in [-0.39, 0.29) is 23.3 Å². The van der Waals surface area contributed by atoms with Crippen LogP contribution in [0.4, 0.5) is 5.69 Å². The minimum Gasteiger partial charge on any atom is -0.459 e. The summed E-state index contributed by atoms with van der Waals surface area (Å²) < 4.78 is 12.2. The number of aryl methyl sites for hydroxylation is 2. The van der Waals surface area contributed by atoms with Crippen molar-refractivity contribution >= 4 is 25.9 Å². The van der Waals surface area contributed by atoms with E-state index in [1.54, 1.807) is 4.90 Å². The Labute approximate surface area is 189 Å². The SMILES string of the molecule is Cc1cccc(C)c1N1CC(CCO[Si](C)(C)C(C)(C)C)(C(=O)OC(C)(C)C)CC1=O. The molecule has 1 aliphatic rings. The van der Waals surface area contributed by atoms with Gasteiger partial charge in [0.15, 0.2) is 8.32 Å². The van der Waals surface area contributed by atoms with Crippen LogP contribution in [-0.4, -0.2) is 38.9 Å². The van der Waals surface area contributed by atoms with Gasteiger partial charge in [-0.15, -0.1) is 0 Å². The molecule has 1 heterocycles. The number of ether oxygens (including phenoxy) is 1. The lowest BCUT2D eigenvalue weighted by Crippen LogP contribution is -2.44. The number of amides is 1. The zero-order valence-corrected chi connectivity index (χ0v) is 22.1. The molecule has 1 aromatic carbocycles. The van der Waals surface area contributed by atoms with E-state index in [9.17, 15) is 9.59 Å². The average molecular weight is 448 g/mol. The molecule has 31 heavy (non-hydrogen) atoms. The molecule has 0 spiro atoms. The van der Waals surface area contributed by atoms with Gasteiger partial charge in [0.05, 0.1) is 5.41 Å². The number of para-hydroxylation sites is 1. The number of benzene rings is 1. The normalized spacial score (nSPS) is 20.3. The molecule has 6 heteroatoms. The molecule has 5 nitrogen and oxygen atoms in total. The van der Waals surface area contributed by atoms with Gasteiger partial charge in [-0.2, -0.15) is 0 Å². The highest BCUT2D eigenvalue weighted by Gasteiger charge is 2.52. The van der Waals surface area contributed by atoms with E-state index in [1.807, 2.05) is 52.8 Å². The summed E-state index contributed by atoms with van der Waals surface area (Å²) in [6, 6.07) is 6.00. The molecule has 0 aliphatic carbocycles. The molecule has 1 unspecified atom stereocenters. The molecule has 0 bridgehead atoms. The molecular formula is C25H41NO4Si. The second-order valence-corrected chi connectivity index (χ2v) is 16.3. The molecule has 1 atom stereocenters. The fourth-order valence-corrected chi connectivity index (χ4v) is 4.82. The number of nitrogens with zero attached hydrogens (tertiary/aromatic N) is 1. The van der Waals surface area contributed by atoms with Crippen molar-refractivity contribution < 1.29 is 18.8 Å². The maximum atomic E-state index is 13.4. The summed E-state index contributed by atoms with van der Waals surface area (Å²) >= 11 is 0. The molecule has 0 aromatic heterocycles. The van der Waals surface area contributed by atoms with Crippen LogP contribution in [0.15, 0.2) is 18.2 Å². The molecule has 1 aromatic rings. The number of anilines is 1. The first-order valence-electron chi connectivity index (χ1n) is 11.2. The van der Waals surface area contributed by atoms with Crippen molar-refractivity contribution in [3.63, 3.8) is 0 Å². The van der Waals surface area contributed by atoms with Gasteiger partial charge in [0.2, 0.25) is 5.91 Å². The van der Waals surface area contributed by atoms with Crippen molar-refractivity contribution in [2.45, 2.75) is 92.0 Å². The number of carbonyl (C=O) groups excluding carboxylic acids is 2. The number of hydrogen-bond donors (Lipinski definition) is 0. The molecule has 1 aliphatic heterocycles. The Balaban J connectivity index is 2.34. The van der Waals surface area contributed by atoms with Gasteiger partial charge in [-0.1, -0.05) is 39.0 Å². The van der Waals surface area contributed by atoms with E-state index in [4.69, 9.17) is 9.16 Å². The molecule has 0 radical (unpaired) electrons. The quantitative estimate of drug-likeness (QED) is 0.410. The molecule has 1 fully saturated rings. The zero-order valence-electron chi connectivity index (χ0n) is 21.1. The molecule has 1 amide bonds. The number of hydrogen-bond acceptors (Lipinski definition) is 4. The van der Waals surface area contributed by atoms with Crippen molar-refractivity contribution in [1.29, 1.82) is 0 Å². The first-order valence-corrected chi connectivity index (χ1v) is 14.1. The van der Waals surface area contributed by atoms with Gasteiger partial charge in [-0.3, -0.25) is 9.59 Å². The van der Waals surface area contributed by atoms with Crippen molar-refractivity contribution in [2.75, 3.05) is 18.1 Å². The summed E-state index contributed by atoms with van der Waals surface area (Å²) in [6.07, 6.45) is 0.623. The van der Waals surface area contributed by atoms with Crippen LogP contribution < -0.4 is 4.90 Å². The summed E-state index contributed by atoms with van der Waals surface area (Å²) in [7, 11) is -1.96. The third kappa shape index (κ3) is 5.78. The second kappa shape index (κ2) is 8.70. The Morgan fingerprint density at radius 2 is 1.65 bits per heavy atom. The maximum absolute atomic E-state index is 13.4. The van der Waals surface area contributed by atoms with Crippen LogP contribution in [0.5, 0.6) is 0 Å². The highest BCUT2D eigenvalue weighted by Crippen LogP contribution is 2.43. The Kier molecular flexibility index (Phi) is 7.18. The van der Waals surface area contributed by atoms with E-state index in [0.717, 1.165) is 16.8 Å². The summed E-state index contributed by atoms with van der Waals surface area (Å²) in [5, 5.41) is 0.0852. The Hall–Kier alpha value is -1.66. The Morgan fingerprint density at radius 3 is 2.13 bits per heavy atom. The van der Waals surface area contributed by atoms with E-state index >= 15 is 0 Å². The van der Waals surface area contributed by atoms with Crippen molar-refractivity contribution in [2.24, 2.45) is 5.41 Å². The van der Waals surface area contributed by atoms with Crippen LogP contribution in [0.2, 0.25) is 18.1 Å². The Morgan fingerprint density at radius 1 is 1.10 bits per heavy atom. The molecule has 1 saturated heterocycles. The lowest BCUT2D eigenvalue weighted by atomic mass is 9.83. The first-order chi connectivity index (χ1) is 14.0. The summed E-state index contributed by atoms with van der Waals surface area (Å²) in [6.45, 7) is 21.4. The number of carbonyl (C=O) groups is 2. The lowest BCUT2D eigenvalue weighted by Gasteiger charge is -2.37. The van der Waals surface area contributed by atoms with Crippen molar-refractivity contribution in [3.05, 3.63) is 29.3 Å². The largest absolute Gasteiger partial charge is 0.459 e. The Bertz CT molecular complexity index is 815. The first kappa shape index (κ1) is 25.6. The van der Waals surface area contributed by atoms with Gasteiger partial charge in [0.1, 0.15) is 5.60 Å². The lowest BCUT2D eigenvalue weighted by molar-refractivity contribution is -0.167. The summed E-state index contributed by atoms with van der Waals surface area (Å²) in [5.41, 5.74) is 1.46. The van der Waals surface area contributed by atoms with Gasteiger partial charge in [-0.05, 0) is 70.3 Å². The molecule has 0 saturated carbocycles. The van der Waals surface area contributed by atoms with E-state index in [1.165, 1.54) is 0 Å². The smallest absolute Gasteiger partial charge is 0.315 e. The van der Waals surface area contributed by atoms with Gasteiger partial charge < -0.3 is 14.1 Å². The van der Waals surface area contributed by atoms with Crippen LogP contribution >= 0.6 is 0 Å². The van der Waals surface area contributed by atoms with Gasteiger partial charge in [-0.25, -0.2) is 0 Å². The molecule has 2 rings (SSSR count). The van der Waals surface area contributed by atoms with Gasteiger partial charge in [0, 0.05) is 25.3 Å². The van der Waals surface area contributed by atoms with Crippen LogP contribution in [0, 0.1) is 19.3 Å². The summed E-state index contributed by atoms with van der Waals surface area (Å²) in [5.74, 6) is -0.337. The second-order valence-electron chi connectivity index (χ2n) is 11.5. The number of esters is 1. The molecular weight excluding hydrogens is 406 g/mol. The summed E-state index contributed by atoms with van der Waals surface area (Å²) in [4.78, 5) is 28.3. The monoisotopic (exact) mass is 447 g/mol. The van der Waals surface area contributed by atoms with Crippen LogP contribution in [0.3, 0.4) is 0 Å². The minimum absolute atomic E-state index is 0.0319. The fraction of sp³-hybridized carbons (Fsp3) is 0.680. The topological polar surface area (TPSA) is 55.8 Å². The van der Waals surface area contributed by atoms with Gasteiger partial charge in [0.25, 0.3) is 0 Å². The predicted molar refractivity (Wildman–Crippen MR) is 129 cm³/mol. The van der Waals surface area contributed by atoms with Gasteiger partial charge >= 0.3 is 5.97 Å². The van der Waals surface area contributed by atoms with E-state index in [2.05, 4.69) is 33.9 Å². The maximum Gasteiger partial charge on any atom is 0.315 e. The van der Waals surface area contributed by atoms with Crippen LogP contribution in [0.1, 0.15) is 65.5 Å². The van der Waals surface area contributed by atoms with E-state index < -0.39 is 19.3 Å². The molecule has 0 N–H and O–H groups in total. The van der Waals surface area contributed by atoms with Crippen molar-refractivity contribution in [1.82, 2.24) is 0 Å². The minimum atomic E-state index is -1.96. The average Bonchev–Trinajstić information content (AvgIpc) is 2.90. The zero-order chi connectivity index (χ0) is 23.8. The standard InChI is InChI=1S/C25H41NO4Si/c1-18-12-11-13-19(2)21(18)26-17-25(16-20(26)27,22(28)30-23(3,4)5)14-15-29-31(9,10)24(6,7)8/h11-13H,14-17H2,1-10H3. The highest BCUT2D eigenvalue weighted by molar-refractivity contribution is 6.74. The van der Waals surface area contributed by atoms with Crippen LogP contribution in [0.25, 0.3) is 0 Å². The van der Waals surface area contributed by atoms with Crippen LogP contribution in [-0.2, 0) is 18.8 Å². The predicted octanol–water partition coefficient (Wildman–Crippen LogP) is 5.78. The van der Waals surface area contributed by atoms with Crippen molar-refractivity contribution in [3.8, 4) is 0 Å². The fourth-order valence-electron chi connectivity index (χ4n) is 3.78. The van der Waals surface area contributed by atoms with E-state index in [0.29, 0.717) is 19.6 Å². The highest BCUT2D eigenvalue weighted by atomic mass is 28.4. The third-order valence-electron chi connectivity index (χ3n) is 6.64.